The molecule has 1 aromatic heterocycles. The molecular weight excluding hydrogens is 400 g/mol. The van der Waals surface area contributed by atoms with E-state index in [1.165, 1.54) is 0 Å². The molecule has 0 fully saturated rings. The Morgan fingerprint density at radius 1 is 0.862 bits per heavy atom. The van der Waals surface area contributed by atoms with Crippen molar-refractivity contribution in [3.63, 3.8) is 0 Å². The largest absolute Gasteiger partial charge is 0.280 e. The van der Waals surface area contributed by atoms with E-state index in [4.69, 9.17) is 4.98 Å². The lowest BCUT2D eigenvalue weighted by Gasteiger charge is -2.12. The van der Waals surface area contributed by atoms with E-state index in [2.05, 4.69) is 4.72 Å². The van der Waals surface area contributed by atoms with Gasteiger partial charge >= 0.3 is 0 Å². The zero-order chi connectivity index (χ0) is 20.4. The zero-order valence-electron chi connectivity index (χ0n) is 16.1. The second-order valence-corrected chi connectivity index (χ2v) is 9.37. The highest BCUT2D eigenvalue weighted by molar-refractivity contribution is 7.92. The van der Waals surface area contributed by atoms with Crippen LogP contribution in [0.5, 0.6) is 0 Å². The molecule has 0 unspecified atom stereocenters. The van der Waals surface area contributed by atoms with E-state index in [9.17, 15) is 8.42 Å². The van der Waals surface area contributed by atoms with Gasteiger partial charge in [-0.3, -0.25) is 4.72 Å². The number of sulfonamides is 1. The Kier molecular flexibility index (Phi) is 5.22. The number of benzene rings is 3. The van der Waals surface area contributed by atoms with Crippen molar-refractivity contribution < 1.29 is 8.42 Å². The Labute approximate surface area is 175 Å². The molecule has 146 valence electrons. The minimum atomic E-state index is -3.67. The van der Waals surface area contributed by atoms with Crippen molar-refractivity contribution in [2.75, 3.05) is 4.72 Å². The second kappa shape index (κ2) is 7.81. The molecule has 1 heterocycles. The average Bonchev–Trinajstić information content (AvgIpc) is 3.21. The number of nitrogens with one attached hydrogen (secondary N) is 1. The molecule has 4 rings (SSSR count). The van der Waals surface area contributed by atoms with Crippen LogP contribution in [0, 0.1) is 13.8 Å². The topological polar surface area (TPSA) is 59.1 Å². The Morgan fingerprint density at radius 2 is 1.62 bits per heavy atom. The predicted octanol–water partition coefficient (Wildman–Crippen LogP) is 5.89. The molecule has 4 nitrogen and oxygen atoms in total. The number of anilines is 1. The van der Waals surface area contributed by atoms with Crippen molar-refractivity contribution in [1.82, 2.24) is 4.98 Å². The summed E-state index contributed by atoms with van der Waals surface area (Å²) < 4.78 is 28.5. The van der Waals surface area contributed by atoms with Crippen molar-refractivity contribution in [3.8, 4) is 21.8 Å². The smallest absolute Gasteiger partial charge is 0.262 e. The van der Waals surface area contributed by atoms with Crippen LogP contribution in [0.4, 0.5) is 5.69 Å². The van der Waals surface area contributed by atoms with E-state index in [0.717, 1.165) is 27.4 Å². The molecule has 0 aliphatic heterocycles. The number of aryl methyl sites for hydroxylation is 2. The lowest BCUT2D eigenvalue weighted by atomic mass is 10.1. The highest BCUT2D eigenvalue weighted by Gasteiger charge is 2.17. The Hall–Kier alpha value is -2.96. The van der Waals surface area contributed by atoms with E-state index >= 15 is 0 Å². The van der Waals surface area contributed by atoms with Gasteiger partial charge in [-0.25, -0.2) is 13.4 Å². The summed E-state index contributed by atoms with van der Waals surface area (Å²) in [6, 6.07) is 22.7. The van der Waals surface area contributed by atoms with Crippen molar-refractivity contribution >= 4 is 27.0 Å². The summed E-state index contributed by atoms with van der Waals surface area (Å²) in [5, 5.41) is 2.92. The molecule has 6 heteroatoms. The van der Waals surface area contributed by atoms with Gasteiger partial charge in [0.25, 0.3) is 10.0 Å². The van der Waals surface area contributed by atoms with Gasteiger partial charge in [0.1, 0.15) is 5.01 Å². The van der Waals surface area contributed by atoms with Gasteiger partial charge in [0, 0.05) is 22.2 Å². The fraction of sp³-hybridized carbons (Fsp3) is 0.0870. The molecule has 0 aliphatic carbocycles. The standard InChI is InChI=1S/C23H20N2O2S2/c1-16-11-12-17(2)22(13-16)29(26,27)25-20-10-6-9-19(14-20)21-15-28-23(24-21)18-7-4-3-5-8-18/h3-15,25H,1-2H3. The van der Waals surface area contributed by atoms with Crippen LogP contribution in [0.25, 0.3) is 21.8 Å². The molecule has 0 saturated carbocycles. The Balaban J connectivity index is 1.63. The van der Waals surface area contributed by atoms with E-state index < -0.39 is 10.0 Å². The first-order valence-corrected chi connectivity index (χ1v) is 11.5. The summed E-state index contributed by atoms with van der Waals surface area (Å²) >= 11 is 1.57. The van der Waals surface area contributed by atoms with Gasteiger partial charge in [-0.2, -0.15) is 0 Å². The summed E-state index contributed by atoms with van der Waals surface area (Å²) in [6.45, 7) is 3.68. The number of hydrogen-bond donors (Lipinski definition) is 1. The zero-order valence-corrected chi connectivity index (χ0v) is 17.7. The van der Waals surface area contributed by atoms with E-state index in [1.54, 1.807) is 30.4 Å². The van der Waals surface area contributed by atoms with Gasteiger partial charge in [-0.1, -0.05) is 54.6 Å². The van der Waals surface area contributed by atoms with Crippen LogP contribution in [-0.2, 0) is 10.0 Å². The first-order valence-electron chi connectivity index (χ1n) is 9.14. The predicted molar refractivity (Wildman–Crippen MR) is 120 cm³/mol. The number of hydrogen-bond acceptors (Lipinski definition) is 4. The highest BCUT2D eigenvalue weighted by Crippen LogP contribution is 2.30. The van der Waals surface area contributed by atoms with E-state index in [1.807, 2.05) is 73.0 Å². The van der Waals surface area contributed by atoms with Gasteiger partial charge in [0.15, 0.2) is 0 Å². The fourth-order valence-electron chi connectivity index (χ4n) is 3.07. The second-order valence-electron chi connectivity index (χ2n) is 6.86. The normalized spacial score (nSPS) is 11.4. The number of nitrogens with zero attached hydrogens (tertiary/aromatic N) is 1. The first-order chi connectivity index (χ1) is 13.9. The maximum Gasteiger partial charge on any atom is 0.262 e. The lowest BCUT2D eigenvalue weighted by molar-refractivity contribution is 0.600. The monoisotopic (exact) mass is 420 g/mol. The molecule has 29 heavy (non-hydrogen) atoms. The fourth-order valence-corrected chi connectivity index (χ4v) is 5.28. The van der Waals surface area contributed by atoms with Crippen LogP contribution in [0.2, 0.25) is 0 Å². The third kappa shape index (κ3) is 4.23. The van der Waals surface area contributed by atoms with Crippen LogP contribution in [0.15, 0.2) is 83.1 Å². The van der Waals surface area contributed by atoms with Crippen molar-refractivity contribution in [2.24, 2.45) is 0 Å². The number of rotatable bonds is 5. The lowest BCUT2D eigenvalue weighted by Crippen LogP contribution is -2.14. The van der Waals surface area contributed by atoms with E-state index in [0.29, 0.717) is 16.1 Å². The quantitative estimate of drug-likeness (QED) is 0.438. The van der Waals surface area contributed by atoms with Gasteiger partial charge < -0.3 is 0 Å². The molecule has 1 N–H and O–H groups in total. The third-order valence-electron chi connectivity index (χ3n) is 4.57. The first kappa shape index (κ1) is 19.4. The summed E-state index contributed by atoms with van der Waals surface area (Å²) in [5.41, 5.74) is 4.88. The molecule has 0 atom stereocenters. The molecular formula is C23H20N2O2S2. The Morgan fingerprint density at radius 3 is 2.41 bits per heavy atom. The minimum Gasteiger partial charge on any atom is -0.280 e. The van der Waals surface area contributed by atoms with Crippen LogP contribution >= 0.6 is 11.3 Å². The van der Waals surface area contributed by atoms with Gasteiger partial charge in [0.2, 0.25) is 0 Å². The van der Waals surface area contributed by atoms with Crippen molar-refractivity contribution in [2.45, 2.75) is 18.7 Å². The van der Waals surface area contributed by atoms with Crippen molar-refractivity contribution in [1.29, 1.82) is 0 Å². The maximum atomic E-state index is 12.9. The third-order valence-corrected chi connectivity index (χ3v) is 6.98. The minimum absolute atomic E-state index is 0.294. The molecule has 3 aromatic carbocycles. The molecule has 4 aromatic rings. The summed E-state index contributed by atoms with van der Waals surface area (Å²) in [4.78, 5) is 5.01. The molecule has 0 aliphatic rings. The molecule has 0 radical (unpaired) electrons. The molecule has 0 spiro atoms. The van der Waals surface area contributed by atoms with Crippen LogP contribution < -0.4 is 4.72 Å². The molecule has 0 bridgehead atoms. The highest BCUT2D eigenvalue weighted by atomic mass is 32.2. The Bertz CT molecular complexity index is 1260. The van der Waals surface area contributed by atoms with Crippen LogP contribution in [0.3, 0.4) is 0 Å². The van der Waals surface area contributed by atoms with E-state index in [-0.39, 0.29) is 0 Å². The van der Waals surface area contributed by atoms with Gasteiger partial charge in [-0.05, 0) is 43.2 Å². The molecule has 0 amide bonds. The number of aromatic nitrogens is 1. The summed E-state index contributed by atoms with van der Waals surface area (Å²) in [6.07, 6.45) is 0. The summed E-state index contributed by atoms with van der Waals surface area (Å²) in [5.74, 6) is 0. The summed E-state index contributed by atoms with van der Waals surface area (Å²) in [7, 11) is -3.67. The maximum absolute atomic E-state index is 12.9. The van der Waals surface area contributed by atoms with Crippen molar-refractivity contribution in [3.05, 3.63) is 89.3 Å². The van der Waals surface area contributed by atoms with Crippen LogP contribution in [0.1, 0.15) is 11.1 Å². The van der Waals surface area contributed by atoms with Gasteiger partial charge in [0.05, 0.1) is 10.6 Å². The SMILES string of the molecule is Cc1ccc(C)c(S(=O)(=O)Nc2cccc(-c3csc(-c4ccccc4)n3)c2)c1. The van der Waals surface area contributed by atoms with Crippen LogP contribution in [-0.4, -0.2) is 13.4 Å². The van der Waals surface area contributed by atoms with Gasteiger partial charge in [-0.15, -0.1) is 11.3 Å². The molecule has 0 saturated heterocycles. The number of thiazole rings is 1. The average molecular weight is 421 g/mol.